The number of aromatic nitrogens is 5. The van der Waals surface area contributed by atoms with Gasteiger partial charge in [0, 0.05) is 25.4 Å². The van der Waals surface area contributed by atoms with Crippen molar-refractivity contribution < 1.29 is 27.6 Å². The average molecular weight is 472 g/mol. The zero-order valence-electron chi connectivity index (χ0n) is 18.0. The molecule has 5 rings (SSSR count). The van der Waals surface area contributed by atoms with Gasteiger partial charge in [0.15, 0.2) is 17.2 Å². The molecule has 2 fully saturated rings. The number of carbonyl (C=O) groups excluding carboxylic acids is 3. The smallest absolute Gasteiger partial charge is 0.328 e. The third-order valence-corrected chi connectivity index (χ3v) is 6.22. The molecule has 1 aliphatic carbocycles. The first-order valence-electron chi connectivity index (χ1n) is 10.7. The normalized spacial score (nSPS) is 21.5. The van der Waals surface area contributed by atoms with Crippen molar-refractivity contribution in [1.82, 2.24) is 29.6 Å². The third kappa shape index (κ3) is 3.93. The number of fused-ring (bicyclic) bond motifs is 2. The number of alkyl halides is 3. The summed E-state index contributed by atoms with van der Waals surface area (Å²) in [7, 11) is 0. The van der Waals surface area contributed by atoms with E-state index in [4.69, 9.17) is 0 Å². The highest BCUT2D eigenvalue weighted by molar-refractivity contribution is 6.04. The van der Waals surface area contributed by atoms with E-state index < -0.39 is 30.1 Å². The van der Waals surface area contributed by atoms with Crippen molar-refractivity contribution in [1.29, 1.82) is 0 Å². The Hall–Kier alpha value is -3.70. The van der Waals surface area contributed by atoms with E-state index in [9.17, 15) is 27.6 Å². The Morgan fingerprint density at radius 1 is 1.12 bits per heavy atom. The van der Waals surface area contributed by atoms with Gasteiger partial charge >= 0.3 is 6.18 Å². The molecule has 1 amide bonds. The van der Waals surface area contributed by atoms with Gasteiger partial charge < -0.3 is 4.90 Å². The number of pyridine rings is 1. The Balaban J connectivity index is 1.36. The molecule has 9 nitrogen and oxygen atoms in total. The SMILES string of the molecule is CC(=O)c1nn(CC(=O)N2[C@@H]3C[C@@H]3C[C@H]2C(=O)Cc2nccc(C(F)(F)F)n2)c2ncccc12. The minimum absolute atomic E-state index is 0.0917. The fourth-order valence-electron chi connectivity index (χ4n) is 4.61. The molecule has 4 heterocycles. The number of halogens is 3. The molecule has 0 aromatic carbocycles. The molecule has 3 aromatic heterocycles. The minimum atomic E-state index is -4.64. The van der Waals surface area contributed by atoms with Gasteiger partial charge in [-0.2, -0.15) is 18.3 Å². The largest absolute Gasteiger partial charge is 0.433 e. The topological polar surface area (TPSA) is 111 Å². The highest BCUT2D eigenvalue weighted by Crippen LogP contribution is 2.48. The van der Waals surface area contributed by atoms with Crippen molar-refractivity contribution in [3.05, 3.63) is 47.8 Å². The second-order valence-electron chi connectivity index (χ2n) is 8.55. The van der Waals surface area contributed by atoms with Crippen LogP contribution in [0.15, 0.2) is 30.6 Å². The molecule has 1 aliphatic heterocycles. The van der Waals surface area contributed by atoms with Crippen molar-refractivity contribution in [2.75, 3.05) is 0 Å². The zero-order valence-corrected chi connectivity index (χ0v) is 18.0. The van der Waals surface area contributed by atoms with Gasteiger partial charge in [-0.1, -0.05) is 0 Å². The van der Waals surface area contributed by atoms with E-state index in [1.807, 2.05) is 0 Å². The van der Waals surface area contributed by atoms with Gasteiger partial charge in [0.25, 0.3) is 0 Å². The van der Waals surface area contributed by atoms with Crippen LogP contribution < -0.4 is 0 Å². The molecule has 1 saturated carbocycles. The number of piperidine rings is 1. The summed E-state index contributed by atoms with van der Waals surface area (Å²) in [5.74, 6) is -1.09. The Kier molecular flexibility index (Phi) is 5.18. The highest BCUT2D eigenvalue weighted by Gasteiger charge is 2.55. The maximum Gasteiger partial charge on any atom is 0.433 e. The van der Waals surface area contributed by atoms with Gasteiger partial charge in [0.2, 0.25) is 5.91 Å². The zero-order chi connectivity index (χ0) is 24.2. The van der Waals surface area contributed by atoms with Gasteiger partial charge in [-0.3, -0.25) is 14.4 Å². The number of amides is 1. The predicted octanol–water partition coefficient (Wildman–Crippen LogP) is 2.24. The van der Waals surface area contributed by atoms with Gasteiger partial charge in [-0.05, 0) is 37.0 Å². The summed E-state index contributed by atoms with van der Waals surface area (Å²) in [6.07, 6.45) is -1.33. The van der Waals surface area contributed by atoms with E-state index in [0.717, 1.165) is 18.7 Å². The fraction of sp³-hybridized carbons (Fsp3) is 0.409. The molecule has 0 spiro atoms. The van der Waals surface area contributed by atoms with Crippen LogP contribution in [0.5, 0.6) is 0 Å². The Bertz CT molecular complexity index is 1320. The quantitative estimate of drug-likeness (QED) is 0.506. The summed E-state index contributed by atoms with van der Waals surface area (Å²) in [5.41, 5.74) is -0.532. The van der Waals surface area contributed by atoms with Crippen molar-refractivity contribution in [2.45, 2.75) is 51.0 Å². The molecule has 0 N–H and O–H groups in total. The number of hydrogen-bond donors (Lipinski definition) is 0. The molecule has 0 bridgehead atoms. The maximum atomic E-state index is 13.2. The van der Waals surface area contributed by atoms with Crippen LogP contribution in [0.3, 0.4) is 0 Å². The second-order valence-corrected chi connectivity index (χ2v) is 8.55. The van der Waals surface area contributed by atoms with E-state index >= 15 is 0 Å². The lowest BCUT2D eigenvalue weighted by Gasteiger charge is -2.26. The van der Waals surface area contributed by atoms with E-state index in [1.165, 1.54) is 22.7 Å². The number of carbonyl (C=O) groups is 3. The van der Waals surface area contributed by atoms with E-state index in [0.29, 0.717) is 17.5 Å². The highest BCUT2D eigenvalue weighted by atomic mass is 19.4. The monoisotopic (exact) mass is 472 g/mol. The number of ketones is 2. The maximum absolute atomic E-state index is 13.2. The molecule has 1 saturated heterocycles. The molecule has 34 heavy (non-hydrogen) atoms. The predicted molar refractivity (Wildman–Crippen MR) is 110 cm³/mol. The second kappa shape index (κ2) is 7.96. The summed E-state index contributed by atoms with van der Waals surface area (Å²) in [4.78, 5) is 51.2. The standard InChI is InChI=1S/C22H19F3N6O3/c1-11(32)20-13-3-2-5-27-21(13)30(29-20)10-19(34)31-14-7-12(14)8-15(31)16(33)9-18-26-6-4-17(28-18)22(23,24)25/h2-6,12,14-15H,7-10H2,1H3/t12-,14-,15+/m1/s1. The molecular formula is C22H19F3N6O3. The summed E-state index contributed by atoms with van der Waals surface area (Å²) in [6, 6.07) is 3.25. The molecule has 0 radical (unpaired) electrons. The van der Waals surface area contributed by atoms with Crippen molar-refractivity contribution >= 4 is 28.5 Å². The summed E-state index contributed by atoms with van der Waals surface area (Å²) in [6.45, 7) is 1.16. The summed E-state index contributed by atoms with van der Waals surface area (Å²) in [5, 5.41) is 4.79. The van der Waals surface area contributed by atoms with Gasteiger partial charge in [0.1, 0.15) is 23.8 Å². The Morgan fingerprint density at radius 3 is 2.65 bits per heavy atom. The van der Waals surface area contributed by atoms with Crippen LogP contribution in [-0.2, 0) is 28.7 Å². The van der Waals surface area contributed by atoms with E-state index in [2.05, 4.69) is 20.1 Å². The van der Waals surface area contributed by atoms with E-state index in [1.54, 1.807) is 12.1 Å². The lowest BCUT2D eigenvalue weighted by molar-refractivity contribution is -0.141. The summed E-state index contributed by atoms with van der Waals surface area (Å²) >= 11 is 0. The number of nitrogens with zero attached hydrogens (tertiary/aromatic N) is 6. The van der Waals surface area contributed by atoms with Crippen LogP contribution in [0, 0.1) is 5.92 Å². The van der Waals surface area contributed by atoms with E-state index in [-0.39, 0.29) is 41.7 Å². The first-order chi connectivity index (χ1) is 16.1. The van der Waals surface area contributed by atoms with Crippen molar-refractivity contribution in [3.63, 3.8) is 0 Å². The van der Waals surface area contributed by atoms with Crippen LogP contribution in [-0.4, -0.2) is 59.2 Å². The number of hydrogen-bond acceptors (Lipinski definition) is 7. The summed E-state index contributed by atoms with van der Waals surface area (Å²) < 4.78 is 40.2. The number of Topliss-reactive ketones (excluding diaryl/α,β-unsaturated/α-hetero) is 2. The number of rotatable bonds is 6. The van der Waals surface area contributed by atoms with Gasteiger partial charge in [-0.15, -0.1) is 0 Å². The Morgan fingerprint density at radius 2 is 1.91 bits per heavy atom. The molecular weight excluding hydrogens is 453 g/mol. The molecule has 2 aliphatic rings. The fourth-order valence-corrected chi connectivity index (χ4v) is 4.61. The molecule has 3 atom stereocenters. The van der Waals surface area contributed by atoms with Gasteiger partial charge in [-0.25, -0.2) is 19.6 Å². The van der Waals surface area contributed by atoms with Crippen LogP contribution in [0.25, 0.3) is 11.0 Å². The van der Waals surface area contributed by atoms with Crippen LogP contribution >= 0.6 is 0 Å². The number of likely N-dealkylation sites (tertiary alicyclic amines) is 1. The average Bonchev–Trinajstić information content (AvgIpc) is 3.29. The van der Waals surface area contributed by atoms with Crippen LogP contribution in [0.1, 0.15) is 41.8 Å². The van der Waals surface area contributed by atoms with Crippen LogP contribution in [0.4, 0.5) is 13.2 Å². The lowest BCUT2D eigenvalue weighted by Crippen LogP contribution is -2.45. The van der Waals surface area contributed by atoms with Gasteiger partial charge in [0.05, 0.1) is 17.8 Å². The van der Waals surface area contributed by atoms with Crippen molar-refractivity contribution in [3.8, 4) is 0 Å². The third-order valence-electron chi connectivity index (χ3n) is 6.22. The minimum Gasteiger partial charge on any atom is -0.328 e. The van der Waals surface area contributed by atoms with Crippen LogP contribution in [0.2, 0.25) is 0 Å². The molecule has 12 heteroatoms. The molecule has 176 valence electrons. The first-order valence-corrected chi connectivity index (χ1v) is 10.7. The van der Waals surface area contributed by atoms with Crippen molar-refractivity contribution in [2.24, 2.45) is 5.92 Å². The first kappa shape index (κ1) is 22.1. The molecule has 0 unspecified atom stereocenters. The lowest BCUT2D eigenvalue weighted by atomic mass is 10.0. The Labute approximate surface area is 191 Å². The molecule has 3 aromatic rings.